The molecule has 0 radical (unpaired) electrons. The van der Waals surface area contributed by atoms with Gasteiger partial charge in [0.1, 0.15) is 11.5 Å². The van der Waals surface area contributed by atoms with Crippen LogP contribution in [0.1, 0.15) is 23.3 Å². The number of nitrogens with zero attached hydrogens (tertiary/aromatic N) is 3. The molecule has 7 heteroatoms. The topological polar surface area (TPSA) is 81.2 Å². The van der Waals surface area contributed by atoms with E-state index in [1.54, 1.807) is 35.4 Å². The molecule has 1 fully saturated rings. The van der Waals surface area contributed by atoms with Crippen molar-refractivity contribution >= 4 is 11.8 Å². The van der Waals surface area contributed by atoms with Crippen LogP contribution < -0.4 is 5.73 Å². The maximum Gasteiger partial charge on any atom is 0.274 e. The maximum atomic E-state index is 13.8. The van der Waals surface area contributed by atoms with E-state index in [0.717, 1.165) is 0 Å². The van der Waals surface area contributed by atoms with Gasteiger partial charge in [0.2, 0.25) is 5.91 Å². The minimum absolute atomic E-state index is 0.171. The summed E-state index contributed by atoms with van der Waals surface area (Å²) in [6, 6.07) is 7.80. The quantitative estimate of drug-likeness (QED) is 0.928. The number of halogens is 1. The summed E-state index contributed by atoms with van der Waals surface area (Å²) >= 11 is 0. The highest BCUT2D eigenvalue weighted by Gasteiger charge is 2.27. The van der Waals surface area contributed by atoms with E-state index in [1.807, 2.05) is 0 Å². The van der Waals surface area contributed by atoms with Gasteiger partial charge in [-0.25, -0.2) is 9.07 Å². The summed E-state index contributed by atoms with van der Waals surface area (Å²) in [5, 5.41) is 4.16. The van der Waals surface area contributed by atoms with Crippen molar-refractivity contribution in [3.8, 4) is 5.69 Å². The van der Waals surface area contributed by atoms with Crippen LogP contribution >= 0.6 is 0 Å². The van der Waals surface area contributed by atoms with Gasteiger partial charge in [-0.15, -0.1) is 0 Å². The predicted molar refractivity (Wildman–Crippen MR) is 81.3 cm³/mol. The molecule has 1 aromatic carbocycles. The van der Waals surface area contributed by atoms with Gasteiger partial charge in [0.15, 0.2) is 5.69 Å². The fourth-order valence-corrected chi connectivity index (χ4v) is 2.74. The molecule has 120 valence electrons. The van der Waals surface area contributed by atoms with E-state index in [9.17, 15) is 14.0 Å². The normalized spacial score (nSPS) is 15.6. The fourth-order valence-electron chi connectivity index (χ4n) is 2.74. The van der Waals surface area contributed by atoms with Gasteiger partial charge in [0, 0.05) is 25.2 Å². The Morgan fingerprint density at radius 1 is 1.17 bits per heavy atom. The van der Waals surface area contributed by atoms with Crippen molar-refractivity contribution in [3.05, 3.63) is 48.0 Å². The largest absolute Gasteiger partial charge is 0.369 e. The Hall–Kier alpha value is -2.70. The maximum absolute atomic E-state index is 13.8. The molecule has 2 aromatic rings. The number of carbonyl (C=O) groups excluding carboxylic acids is 2. The van der Waals surface area contributed by atoms with Crippen LogP contribution in [0.3, 0.4) is 0 Å². The van der Waals surface area contributed by atoms with Crippen molar-refractivity contribution in [3.63, 3.8) is 0 Å². The van der Waals surface area contributed by atoms with Crippen LogP contribution in [0.2, 0.25) is 0 Å². The number of piperidine rings is 1. The molecule has 2 N–H and O–H groups in total. The molecule has 1 aliphatic heterocycles. The summed E-state index contributed by atoms with van der Waals surface area (Å²) in [4.78, 5) is 25.3. The third-order valence-electron chi connectivity index (χ3n) is 4.09. The monoisotopic (exact) mass is 316 g/mol. The summed E-state index contributed by atoms with van der Waals surface area (Å²) in [7, 11) is 0. The summed E-state index contributed by atoms with van der Waals surface area (Å²) in [5.41, 5.74) is 5.83. The first-order valence-electron chi connectivity index (χ1n) is 7.45. The molecule has 0 saturated carbocycles. The Bertz CT molecular complexity index is 735. The Balaban J connectivity index is 1.72. The number of benzene rings is 1. The van der Waals surface area contributed by atoms with Crippen LogP contribution in [0.25, 0.3) is 5.69 Å². The summed E-state index contributed by atoms with van der Waals surface area (Å²) in [6.45, 7) is 0.942. The average molecular weight is 316 g/mol. The highest BCUT2D eigenvalue weighted by molar-refractivity contribution is 5.92. The van der Waals surface area contributed by atoms with E-state index in [1.165, 1.54) is 10.7 Å². The van der Waals surface area contributed by atoms with Crippen LogP contribution in [0, 0.1) is 11.7 Å². The number of aromatic nitrogens is 2. The minimum atomic E-state index is -0.406. The molecular formula is C16H17FN4O2. The molecule has 2 heterocycles. The van der Waals surface area contributed by atoms with Gasteiger partial charge in [0.05, 0.1) is 0 Å². The molecule has 1 aliphatic rings. The standard InChI is InChI=1S/C16H17FN4O2/c17-12-3-1-2-4-14(12)21-10-7-13(19-21)16(23)20-8-5-11(6-9-20)15(18)22/h1-4,7,10-11H,5-6,8-9H2,(H2,18,22). The van der Waals surface area contributed by atoms with E-state index in [0.29, 0.717) is 31.6 Å². The van der Waals surface area contributed by atoms with Crippen molar-refractivity contribution < 1.29 is 14.0 Å². The first-order chi connectivity index (χ1) is 11.1. The van der Waals surface area contributed by atoms with E-state index in [4.69, 9.17) is 5.73 Å². The lowest BCUT2D eigenvalue weighted by Gasteiger charge is -2.29. The van der Waals surface area contributed by atoms with Gasteiger partial charge in [-0.3, -0.25) is 9.59 Å². The molecule has 0 spiro atoms. The van der Waals surface area contributed by atoms with Gasteiger partial charge in [-0.2, -0.15) is 5.10 Å². The number of nitrogens with two attached hydrogens (primary N) is 1. The smallest absolute Gasteiger partial charge is 0.274 e. The molecule has 1 saturated heterocycles. The zero-order valence-electron chi connectivity index (χ0n) is 12.5. The lowest BCUT2D eigenvalue weighted by atomic mass is 9.96. The lowest BCUT2D eigenvalue weighted by Crippen LogP contribution is -2.41. The van der Waals surface area contributed by atoms with Crippen LogP contribution in [0.15, 0.2) is 36.5 Å². The fraction of sp³-hybridized carbons (Fsp3) is 0.312. The second-order valence-corrected chi connectivity index (χ2v) is 5.57. The molecule has 0 unspecified atom stereocenters. The highest BCUT2D eigenvalue weighted by atomic mass is 19.1. The van der Waals surface area contributed by atoms with E-state index in [2.05, 4.69) is 5.10 Å². The lowest BCUT2D eigenvalue weighted by molar-refractivity contribution is -0.123. The molecule has 0 atom stereocenters. The van der Waals surface area contributed by atoms with Crippen LogP contribution in [-0.4, -0.2) is 39.6 Å². The van der Waals surface area contributed by atoms with Crippen molar-refractivity contribution in [1.82, 2.24) is 14.7 Å². The Labute approximate surface area is 132 Å². The number of para-hydroxylation sites is 1. The Morgan fingerprint density at radius 2 is 1.87 bits per heavy atom. The zero-order chi connectivity index (χ0) is 16.4. The third-order valence-corrected chi connectivity index (χ3v) is 4.09. The number of rotatable bonds is 3. The molecule has 2 amide bonds. The van der Waals surface area contributed by atoms with Gasteiger partial charge >= 0.3 is 0 Å². The van der Waals surface area contributed by atoms with Crippen LogP contribution in [-0.2, 0) is 4.79 Å². The molecule has 3 rings (SSSR count). The summed E-state index contributed by atoms with van der Waals surface area (Å²) < 4.78 is 15.1. The second kappa shape index (κ2) is 6.20. The zero-order valence-corrected chi connectivity index (χ0v) is 12.5. The number of likely N-dealkylation sites (tertiary alicyclic amines) is 1. The highest BCUT2D eigenvalue weighted by Crippen LogP contribution is 2.19. The van der Waals surface area contributed by atoms with Gasteiger partial charge < -0.3 is 10.6 Å². The Morgan fingerprint density at radius 3 is 2.52 bits per heavy atom. The van der Waals surface area contributed by atoms with Crippen molar-refractivity contribution in [1.29, 1.82) is 0 Å². The van der Waals surface area contributed by atoms with Gasteiger partial charge in [-0.05, 0) is 31.0 Å². The Kier molecular flexibility index (Phi) is 4.10. The minimum Gasteiger partial charge on any atom is -0.369 e. The second-order valence-electron chi connectivity index (χ2n) is 5.57. The summed E-state index contributed by atoms with van der Waals surface area (Å²) in [5.74, 6) is -1.11. The first-order valence-corrected chi connectivity index (χ1v) is 7.45. The first kappa shape index (κ1) is 15.2. The molecule has 1 aromatic heterocycles. The molecule has 6 nitrogen and oxygen atoms in total. The number of hydrogen-bond acceptors (Lipinski definition) is 3. The van der Waals surface area contributed by atoms with Crippen molar-refractivity contribution in [2.24, 2.45) is 11.7 Å². The van der Waals surface area contributed by atoms with E-state index in [-0.39, 0.29) is 23.4 Å². The third kappa shape index (κ3) is 3.08. The number of hydrogen-bond donors (Lipinski definition) is 1. The van der Waals surface area contributed by atoms with E-state index >= 15 is 0 Å². The van der Waals surface area contributed by atoms with E-state index < -0.39 is 5.82 Å². The average Bonchev–Trinajstić information content (AvgIpc) is 3.04. The number of amides is 2. The number of primary amides is 1. The van der Waals surface area contributed by atoms with Gasteiger partial charge in [0.25, 0.3) is 5.91 Å². The SMILES string of the molecule is NC(=O)C1CCN(C(=O)c2ccn(-c3ccccc3F)n2)CC1. The molecule has 0 aliphatic carbocycles. The van der Waals surface area contributed by atoms with Crippen LogP contribution in [0.4, 0.5) is 4.39 Å². The molecule has 23 heavy (non-hydrogen) atoms. The van der Waals surface area contributed by atoms with Crippen molar-refractivity contribution in [2.45, 2.75) is 12.8 Å². The van der Waals surface area contributed by atoms with Gasteiger partial charge in [-0.1, -0.05) is 12.1 Å². The predicted octanol–water partition coefficient (Wildman–Crippen LogP) is 1.35. The van der Waals surface area contributed by atoms with Crippen molar-refractivity contribution in [2.75, 3.05) is 13.1 Å². The molecule has 0 bridgehead atoms. The van der Waals surface area contributed by atoms with Crippen LogP contribution in [0.5, 0.6) is 0 Å². The molecular weight excluding hydrogens is 299 g/mol. The number of carbonyl (C=O) groups is 2. The summed E-state index contributed by atoms with van der Waals surface area (Å²) in [6.07, 6.45) is 2.69.